The van der Waals surface area contributed by atoms with Gasteiger partial charge in [0.05, 0.1) is 5.60 Å². The molecule has 0 bridgehead atoms. The van der Waals surface area contributed by atoms with Crippen molar-refractivity contribution in [2.75, 3.05) is 13.1 Å². The number of ether oxygens (including phenoxy) is 1. The summed E-state index contributed by atoms with van der Waals surface area (Å²) in [6.07, 6.45) is 5.22. The van der Waals surface area contributed by atoms with Gasteiger partial charge in [0.1, 0.15) is 19.4 Å². The highest BCUT2D eigenvalue weighted by molar-refractivity contribution is 5.23. The molecule has 1 aliphatic heterocycles. The van der Waals surface area contributed by atoms with Crippen LogP contribution in [0.3, 0.4) is 0 Å². The van der Waals surface area contributed by atoms with Gasteiger partial charge in [-0.05, 0) is 39.2 Å². The highest BCUT2D eigenvalue weighted by Gasteiger charge is 2.39. The van der Waals surface area contributed by atoms with Crippen LogP contribution in [0.5, 0.6) is 0 Å². The molecule has 1 fully saturated rings. The number of nitrogens with zero attached hydrogens (tertiary/aromatic N) is 4. The molecule has 23 heavy (non-hydrogen) atoms. The van der Waals surface area contributed by atoms with E-state index in [1.807, 2.05) is 0 Å². The molecule has 2 aromatic rings. The average Bonchev–Trinajstić information content (AvgIpc) is 3.07. The Bertz CT molecular complexity index is 596. The molecule has 0 unspecified atom stereocenters. The summed E-state index contributed by atoms with van der Waals surface area (Å²) in [6.45, 7) is 9.34. The molecule has 1 aromatic carbocycles. The summed E-state index contributed by atoms with van der Waals surface area (Å²) in [4.78, 5) is 6.52. The minimum atomic E-state index is -0.241. The average molecular weight is 314 g/mol. The highest BCUT2D eigenvalue weighted by atomic mass is 16.5. The number of benzene rings is 1. The van der Waals surface area contributed by atoms with Gasteiger partial charge in [-0.3, -0.25) is 4.90 Å². The summed E-state index contributed by atoms with van der Waals surface area (Å²) < 4.78 is 8.13. The third-order valence-electron chi connectivity index (χ3n) is 4.76. The van der Waals surface area contributed by atoms with Crippen LogP contribution in [0.4, 0.5) is 0 Å². The van der Waals surface area contributed by atoms with Crippen molar-refractivity contribution in [2.24, 2.45) is 0 Å². The van der Waals surface area contributed by atoms with Crippen molar-refractivity contribution in [3.63, 3.8) is 0 Å². The molecule has 1 aliphatic rings. The second kappa shape index (κ2) is 6.42. The van der Waals surface area contributed by atoms with Gasteiger partial charge in [-0.1, -0.05) is 30.3 Å². The van der Waals surface area contributed by atoms with Crippen LogP contribution < -0.4 is 0 Å². The van der Waals surface area contributed by atoms with Crippen LogP contribution in [0, 0.1) is 0 Å². The highest BCUT2D eigenvalue weighted by Crippen LogP contribution is 2.38. The fourth-order valence-electron chi connectivity index (χ4n) is 3.29. The molecule has 0 radical (unpaired) electrons. The van der Waals surface area contributed by atoms with Crippen molar-refractivity contribution >= 4 is 0 Å². The Morgan fingerprint density at radius 3 is 2.39 bits per heavy atom. The van der Waals surface area contributed by atoms with Crippen molar-refractivity contribution in [3.05, 3.63) is 48.5 Å². The Morgan fingerprint density at radius 2 is 1.83 bits per heavy atom. The second-order valence-corrected chi connectivity index (χ2v) is 7.23. The molecular weight excluding hydrogens is 288 g/mol. The van der Waals surface area contributed by atoms with Crippen LogP contribution in [-0.2, 0) is 17.1 Å². The zero-order valence-corrected chi connectivity index (χ0v) is 14.3. The number of piperidine rings is 1. The van der Waals surface area contributed by atoms with Crippen molar-refractivity contribution in [3.8, 4) is 0 Å². The number of aromatic nitrogens is 3. The van der Waals surface area contributed by atoms with Gasteiger partial charge in [0.2, 0.25) is 0 Å². The molecule has 0 amide bonds. The molecule has 0 saturated carbocycles. The summed E-state index contributed by atoms with van der Waals surface area (Å²) in [6, 6.07) is 10.6. The Morgan fingerprint density at radius 1 is 1.13 bits per heavy atom. The van der Waals surface area contributed by atoms with Crippen LogP contribution in [-0.4, -0.2) is 38.3 Å². The molecule has 3 rings (SSSR count). The smallest absolute Gasteiger partial charge is 0.142 e. The second-order valence-electron chi connectivity index (χ2n) is 7.23. The third kappa shape index (κ3) is 3.62. The van der Waals surface area contributed by atoms with Gasteiger partial charge >= 0.3 is 0 Å². The third-order valence-corrected chi connectivity index (χ3v) is 4.76. The topological polar surface area (TPSA) is 43.2 Å². The summed E-state index contributed by atoms with van der Waals surface area (Å²) in [7, 11) is 0. The lowest BCUT2D eigenvalue weighted by molar-refractivity contribution is -0.129. The van der Waals surface area contributed by atoms with Gasteiger partial charge in [0.25, 0.3) is 0 Å². The molecule has 0 atom stereocenters. The SMILES string of the molecule is CC(C)(C)N1CCC(OCn2cncn2)(c2ccccc2)CC1. The van der Waals surface area contributed by atoms with Gasteiger partial charge in [-0.2, -0.15) is 5.10 Å². The summed E-state index contributed by atoms with van der Waals surface area (Å²) >= 11 is 0. The van der Waals surface area contributed by atoms with Gasteiger partial charge in [-0.25, -0.2) is 9.67 Å². The molecule has 5 nitrogen and oxygen atoms in total. The molecule has 0 spiro atoms. The normalized spacial score (nSPS) is 18.9. The van der Waals surface area contributed by atoms with E-state index in [2.05, 4.69) is 66.1 Å². The summed E-state index contributed by atoms with van der Waals surface area (Å²) in [5.41, 5.74) is 1.22. The number of hydrogen-bond donors (Lipinski definition) is 0. The van der Waals surface area contributed by atoms with Crippen LogP contribution in [0.15, 0.2) is 43.0 Å². The zero-order chi connectivity index (χ0) is 16.3. The van der Waals surface area contributed by atoms with Crippen molar-refractivity contribution in [2.45, 2.75) is 51.5 Å². The van der Waals surface area contributed by atoms with Gasteiger partial charge in [0.15, 0.2) is 0 Å². The maximum Gasteiger partial charge on any atom is 0.142 e. The first-order chi connectivity index (χ1) is 11.0. The Balaban J connectivity index is 1.78. The number of hydrogen-bond acceptors (Lipinski definition) is 4. The minimum Gasteiger partial charge on any atom is -0.348 e. The number of rotatable bonds is 4. The molecular formula is C18H26N4O. The molecule has 0 aliphatic carbocycles. The van der Waals surface area contributed by atoms with Crippen molar-refractivity contribution in [1.82, 2.24) is 19.7 Å². The summed E-state index contributed by atoms with van der Waals surface area (Å²) in [5.74, 6) is 0. The molecule has 1 aromatic heterocycles. The van der Waals surface area contributed by atoms with Crippen LogP contribution in [0.25, 0.3) is 0 Å². The van der Waals surface area contributed by atoms with E-state index in [0.29, 0.717) is 6.73 Å². The maximum absolute atomic E-state index is 6.40. The minimum absolute atomic E-state index is 0.203. The van der Waals surface area contributed by atoms with E-state index in [1.165, 1.54) is 5.56 Å². The number of likely N-dealkylation sites (tertiary alicyclic amines) is 1. The van der Waals surface area contributed by atoms with E-state index in [0.717, 1.165) is 25.9 Å². The Labute approximate surface area is 138 Å². The predicted octanol–water partition coefficient (Wildman–Crippen LogP) is 3.04. The van der Waals surface area contributed by atoms with E-state index < -0.39 is 0 Å². The standard InChI is InChI=1S/C18H26N4O/c1-17(2,3)21-11-9-18(10-12-21,16-7-5-4-6-8-16)23-15-22-14-19-13-20-22/h4-8,13-14H,9-12,15H2,1-3H3. The largest absolute Gasteiger partial charge is 0.348 e. The molecule has 5 heteroatoms. The van der Waals surface area contributed by atoms with Crippen molar-refractivity contribution < 1.29 is 4.74 Å². The lowest BCUT2D eigenvalue weighted by Crippen LogP contribution is -2.51. The van der Waals surface area contributed by atoms with E-state index >= 15 is 0 Å². The van der Waals surface area contributed by atoms with Gasteiger partial charge in [0, 0.05) is 18.6 Å². The molecule has 2 heterocycles. The lowest BCUT2D eigenvalue weighted by atomic mass is 9.83. The fourth-order valence-corrected chi connectivity index (χ4v) is 3.29. The van der Waals surface area contributed by atoms with E-state index in [-0.39, 0.29) is 11.1 Å². The molecule has 124 valence electrons. The monoisotopic (exact) mass is 314 g/mol. The first-order valence-electron chi connectivity index (χ1n) is 8.27. The van der Waals surface area contributed by atoms with Crippen molar-refractivity contribution in [1.29, 1.82) is 0 Å². The molecule has 1 saturated heterocycles. The predicted molar refractivity (Wildman–Crippen MR) is 89.8 cm³/mol. The van der Waals surface area contributed by atoms with E-state index in [4.69, 9.17) is 4.74 Å². The van der Waals surface area contributed by atoms with Crippen LogP contribution in [0.1, 0.15) is 39.2 Å². The zero-order valence-electron chi connectivity index (χ0n) is 14.3. The summed E-state index contributed by atoms with van der Waals surface area (Å²) in [5, 5.41) is 4.15. The lowest BCUT2D eigenvalue weighted by Gasteiger charge is -2.46. The van der Waals surface area contributed by atoms with Gasteiger partial charge < -0.3 is 4.74 Å². The maximum atomic E-state index is 6.40. The first kappa shape index (κ1) is 16.1. The molecule has 0 N–H and O–H groups in total. The van der Waals surface area contributed by atoms with Gasteiger partial charge in [-0.15, -0.1) is 0 Å². The Hall–Kier alpha value is -1.72. The van der Waals surface area contributed by atoms with E-state index in [9.17, 15) is 0 Å². The fraction of sp³-hybridized carbons (Fsp3) is 0.556. The van der Waals surface area contributed by atoms with E-state index in [1.54, 1.807) is 17.3 Å². The quantitative estimate of drug-likeness (QED) is 0.870. The Kier molecular flexibility index (Phi) is 4.50. The van der Waals surface area contributed by atoms with Crippen LogP contribution in [0.2, 0.25) is 0 Å². The first-order valence-corrected chi connectivity index (χ1v) is 8.27. The van der Waals surface area contributed by atoms with Crippen LogP contribution >= 0.6 is 0 Å².